The Balaban J connectivity index is 0.812. The van der Waals surface area contributed by atoms with Gasteiger partial charge in [0.2, 0.25) is 0 Å². The van der Waals surface area contributed by atoms with Crippen LogP contribution in [-0.4, -0.2) is 15.0 Å². The van der Waals surface area contributed by atoms with E-state index in [0.717, 1.165) is 40.2 Å². The topological polar surface area (TPSA) is 38.7 Å². The summed E-state index contributed by atoms with van der Waals surface area (Å²) in [4.78, 5) is 16.8. The van der Waals surface area contributed by atoms with E-state index in [1.165, 1.54) is 121 Å². The van der Waals surface area contributed by atoms with Gasteiger partial charge in [-0.3, -0.25) is 0 Å². The fourth-order valence-electron chi connectivity index (χ4n) is 15.5. The van der Waals surface area contributed by atoms with Gasteiger partial charge in [0.15, 0.2) is 17.5 Å². The maximum absolute atomic E-state index is 5.28. The van der Waals surface area contributed by atoms with Gasteiger partial charge >= 0.3 is 0 Å². The van der Waals surface area contributed by atoms with Crippen molar-refractivity contribution in [2.24, 2.45) is 5.92 Å². The van der Waals surface area contributed by atoms with E-state index >= 15 is 0 Å². The number of fused-ring (bicyclic) bond motifs is 21. The van der Waals surface area contributed by atoms with Gasteiger partial charge in [-0.2, -0.15) is 0 Å². The molecule has 0 fully saturated rings. The van der Waals surface area contributed by atoms with Gasteiger partial charge in [-0.15, -0.1) is 11.3 Å². The van der Waals surface area contributed by atoms with Crippen molar-refractivity contribution in [3.8, 4) is 55.5 Å². The molecule has 0 radical (unpaired) electrons. The molecule has 0 saturated heterocycles. The zero-order valence-electron chi connectivity index (χ0n) is 44.6. The van der Waals surface area contributed by atoms with Crippen LogP contribution in [0.25, 0.3) is 94.4 Å². The molecule has 10 aromatic carbocycles. The second kappa shape index (κ2) is 17.3. The van der Waals surface area contributed by atoms with Crippen molar-refractivity contribution in [2.45, 2.75) is 23.7 Å². The monoisotopic (exact) mass is 1060 g/mol. The second-order valence-electron chi connectivity index (χ2n) is 22.8. The maximum atomic E-state index is 5.28. The third kappa shape index (κ3) is 6.33. The Labute approximate surface area is 480 Å². The van der Waals surface area contributed by atoms with Gasteiger partial charge < -0.3 is 0 Å². The summed E-state index contributed by atoms with van der Waals surface area (Å²) < 4.78 is 1.22. The molecule has 0 aliphatic heterocycles. The van der Waals surface area contributed by atoms with Crippen molar-refractivity contribution in [3.63, 3.8) is 0 Å². The lowest BCUT2D eigenvalue weighted by Gasteiger charge is -2.35. The molecule has 18 rings (SSSR count). The summed E-state index contributed by atoms with van der Waals surface area (Å²) in [6, 6.07) is 90.7. The summed E-state index contributed by atoms with van der Waals surface area (Å²) in [5.41, 5.74) is 28.9. The predicted molar refractivity (Wildman–Crippen MR) is 337 cm³/mol. The van der Waals surface area contributed by atoms with Gasteiger partial charge in [0, 0.05) is 28.2 Å². The molecule has 4 heteroatoms. The first-order valence-corrected chi connectivity index (χ1v) is 29.4. The number of hydrogen-bond acceptors (Lipinski definition) is 4. The first kappa shape index (κ1) is 45.9. The van der Waals surface area contributed by atoms with E-state index in [4.69, 9.17) is 15.0 Å². The molecule has 1 unspecified atom stereocenters. The summed E-state index contributed by atoms with van der Waals surface area (Å²) in [7, 11) is 0. The first-order valence-electron chi connectivity index (χ1n) is 28.6. The molecule has 2 aromatic heterocycles. The summed E-state index contributed by atoms with van der Waals surface area (Å²) >= 11 is 1.73. The number of allylic oxidation sites excluding steroid dienone is 6. The SMILES string of the molecule is C1=CC(C(=Cc2ccc(-c3nc(C4=Cc5ccccc5C4)nc(-c4cc5ccccc5s4)n3)cc2)c2ccc3c(c2)C2(c4ccccc4-c4ccccc42)c2ccccc2-3)CC2=C1c1ccccc1C21c2ccccc2-c2ccccc21. The van der Waals surface area contributed by atoms with E-state index in [1.54, 1.807) is 11.3 Å². The molecule has 0 bridgehead atoms. The second-order valence-corrected chi connectivity index (χ2v) is 23.9. The highest BCUT2D eigenvalue weighted by atomic mass is 32.1. The quantitative estimate of drug-likeness (QED) is 0.156. The molecule has 0 saturated carbocycles. The Morgan fingerprint density at radius 1 is 0.451 bits per heavy atom. The van der Waals surface area contributed by atoms with Crippen molar-refractivity contribution < 1.29 is 0 Å². The van der Waals surface area contributed by atoms with E-state index in [1.807, 2.05) is 0 Å². The van der Waals surface area contributed by atoms with Crippen molar-refractivity contribution in [2.75, 3.05) is 0 Å². The number of benzene rings is 10. The molecule has 6 aliphatic rings. The third-order valence-electron chi connectivity index (χ3n) is 18.8. The van der Waals surface area contributed by atoms with Crippen LogP contribution in [0.4, 0.5) is 0 Å². The normalized spacial score (nSPS) is 16.6. The zero-order valence-corrected chi connectivity index (χ0v) is 45.5. The zero-order chi connectivity index (χ0) is 53.7. The van der Waals surface area contributed by atoms with Crippen LogP contribution in [0.5, 0.6) is 0 Å². The molecule has 382 valence electrons. The number of thiophene rings is 1. The van der Waals surface area contributed by atoms with Gasteiger partial charge in [-0.25, -0.2) is 15.0 Å². The lowest BCUT2D eigenvalue weighted by Crippen LogP contribution is -2.29. The van der Waals surface area contributed by atoms with Crippen LogP contribution in [0.3, 0.4) is 0 Å². The van der Waals surface area contributed by atoms with Crippen LogP contribution in [0, 0.1) is 5.92 Å². The number of aromatic nitrogens is 3. The number of nitrogens with zero attached hydrogens (tertiary/aromatic N) is 3. The van der Waals surface area contributed by atoms with Gasteiger partial charge in [0.1, 0.15) is 0 Å². The highest BCUT2D eigenvalue weighted by Crippen LogP contribution is 2.66. The Morgan fingerprint density at radius 2 is 0.976 bits per heavy atom. The van der Waals surface area contributed by atoms with Crippen LogP contribution >= 0.6 is 11.3 Å². The molecule has 82 heavy (non-hydrogen) atoms. The predicted octanol–water partition coefficient (Wildman–Crippen LogP) is 18.8. The number of hydrogen-bond donors (Lipinski definition) is 0. The van der Waals surface area contributed by atoms with E-state index in [-0.39, 0.29) is 5.92 Å². The van der Waals surface area contributed by atoms with Gasteiger partial charge in [0.05, 0.1) is 15.7 Å². The summed E-state index contributed by atoms with van der Waals surface area (Å²) in [5.74, 6) is 2.14. The minimum absolute atomic E-state index is 0.0456. The molecular weight excluding hydrogens is 1010 g/mol. The van der Waals surface area contributed by atoms with Crippen molar-refractivity contribution >= 4 is 50.3 Å². The van der Waals surface area contributed by atoms with E-state index < -0.39 is 10.8 Å². The van der Waals surface area contributed by atoms with E-state index in [2.05, 4.69) is 267 Å². The first-order chi connectivity index (χ1) is 40.6. The molecular formula is C78H49N3S. The average Bonchev–Trinajstić information content (AvgIpc) is 1.77. The van der Waals surface area contributed by atoms with Gasteiger partial charge in [-0.1, -0.05) is 243 Å². The van der Waals surface area contributed by atoms with Crippen LogP contribution in [0.15, 0.2) is 260 Å². The standard InChI is InChI=1S/C78H49N3S/c1-2-18-50-43-54(42-49(50)17-1)75-79-74(80-76(81-75)73-46-53-19-3-16-32-72(53)82-73)48-35-33-47(34-36-48)41-63(51-37-39-61-59-24-8-14-30-68(59)77(70(61)44-51)64-26-10-4-20-55(64)56-21-5-11-27-65(56)77)52-38-40-62-60-25-9-15-31-69(60)78(71(62)45-52)66-28-12-6-22-57(66)58-23-7-13-29-67(58)78/h1-42,44,46,52H,43,45H2. The molecule has 2 spiro atoms. The van der Waals surface area contributed by atoms with Crippen molar-refractivity contribution in [1.82, 2.24) is 15.0 Å². The highest BCUT2D eigenvalue weighted by molar-refractivity contribution is 7.22. The molecule has 1 atom stereocenters. The Morgan fingerprint density at radius 3 is 1.61 bits per heavy atom. The molecule has 3 nitrogen and oxygen atoms in total. The lowest BCUT2D eigenvalue weighted by molar-refractivity contribution is 0.673. The smallest absolute Gasteiger partial charge is 0.174 e. The van der Waals surface area contributed by atoms with Crippen LogP contribution in [0.1, 0.15) is 79.0 Å². The number of rotatable bonds is 6. The minimum Gasteiger partial charge on any atom is -0.209 e. The van der Waals surface area contributed by atoms with Crippen LogP contribution in [-0.2, 0) is 17.3 Å². The maximum Gasteiger partial charge on any atom is 0.174 e. The Hall–Kier alpha value is -9.87. The molecule has 12 aromatic rings. The minimum atomic E-state index is -0.468. The largest absolute Gasteiger partial charge is 0.209 e. The Kier molecular flexibility index (Phi) is 9.70. The van der Waals surface area contributed by atoms with Crippen molar-refractivity contribution in [1.29, 1.82) is 0 Å². The summed E-state index contributed by atoms with van der Waals surface area (Å²) in [5, 5.41) is 1.19. The average molecular weight is 1060 g/mol. The molecule has 2 heterocycles. The summed E-state index contributed by atoms with van der Waals surface area (Å²) in [6.45, 7) is 0. The van der Waals surface area contributed by atoms with Gasteiger partial charge in [0.25, 0.3) is 0 Å². The molecule has 0 N–H and O–H groups in total. The lowest BCUT2D eigenvalue weighted by atomic mass is 9.66. The third-order valence-corrected chi connectivity index (χ3v) is 19.9. The van der Waals surface area contributed by atoms with Crippen molar-refractivity contribution in [3.05, 3.63) is 333 Å². The fraction of sp³-hybridized carbons (Fsp3) is 0.0641. The Bertz CT molecular complexity index is 4750. The molecule has 6 aliphatic carbocycles. The van der Waals surface area contributed by atoms with Gasteiger partial charge in [-0.05, 0) is 153 Å². The fourth-order valence-corrected chi connectivity index (χ4v) is 16.4. The van der Waals surface area contributed by atoms with E-state index in [9.17, 15) is 0 Å². The molecule has 0 amide bonds. The van der Waals surface area contributed by atoms with Crippen LogP contribution in [0.2, 0.25) is 0 Å². The summed E-state index contributed by atoms with van der Waals surface area (Å²) in [6.07, 6.45) is 11.3. The van der Waals surface area contributed by atoms with Crippen LogP contribution < -0.4 is 0 Å². The highest BCUT2D eigenvalue weighted by Gasteiger charge is 2.54. The van der Waals surface area contributed by atoms with E-state index in [0.29, 0.717) is 11.6 Å².